The molecule has 1 atom stereocenters. The zero-order valence-corrected chi connectivity index (χ0v) is 15.2. The number of hydrogen-bond donors (Lipinski definition) is 1. The molecular formula is C22H26N2O2. The zero-order chi connectivity index (χ0) is 18.5. The van der Waals surface area contributed by atoms with Crippen molar-refractivity contribution in [2.24, 2.45) is 11.7 Å². The molecule has 1 heterocycles. The molecule has 136 valence electrons. The first-order chi connectivity index (χ1) is 12.5. The molecule has 0 saturated carbocycles. The Morgan fingerprint density at radius 1 is 1.04 bits per heavy atom. The van der Waals surface area contributed by atoms with Gasteiger partial charge >= 0.3 is 0 Å². The summed E-state index contributed by atoms with van der Waals surface area (Å²) in [6.45, 7) is 3.63. The van der Waals surface area contributed by atoms with E-state index in [2.05, 4.69) is 0 Å². The van der Waals surface area contributed by atoms with Crippen molar-refractivity contribution in [3.05, 3.63) is 71.3 Å². The number of nitrogens with zero attached hydrogens (tertiary/aromatic N) is 1. The van der Waals surface area contributed by atoms with Gasteiger partial charge in [0, 0.05) is 18.7 Å². The molecule has 2 aromatic rings. The number of rotatable bonds is 5. The van der Waals surface area contributed by atoms with E-state index in [1.165, 1.54) is 5.56 Å². The SMILES string of the molecule is CC(C(=O)N1CCC(Cc2ccc(C(N)=O)cc2)CC1)c1ccccc1. The molecule has 3 rings (SSSR count). The molecule has 0 aliphatic carbocycles. The number of hydrogen-bond acceptors (Lipinski definition) is 2. The molecule has 1 aliphatic heterocycles. The van der Waals surface area contributed by atoms with Crippen molar-refractivity contribution in [3.8, 4) is 0 Å². The number of benzene rings is 2. The van der Waals surface area contributed by atoms with Crippen LogP contribution in [0.5, 0.6) is 0 Å². The molecule has 2 amide bonds. The van der Waals surface area contributed by atoms with Crippen LogP contribution in [0.25, 0.3) is 0 Å². The third kappa shape index (κ3) is 4.31. The molecule has 2 N–H and O–H groups in total. The molecule has 4 nitrogen and oxygen atoms in total. The summed E-state index contributed by atoms with van der Waals surface area (Å²) in [5, 5.41) is 0. The minimum absolute atomic E-state index is 0.0888. The highest BCUT2D eigenvalue weighted by Gasteiger charge is 2.26. The molecular weight excluding hydrogens is 324 g/mol. The fourth-order valence-corrected chi connectivity index (χ4v) is 3.65. The number of carbonyl (C=O) groups excluding carboxylic acids is 2. The lowest BCUT2D eigenvalue weighted by atomic mass is 9.89. The summed E-state index contributed by atoms with van der Waals surface area (Å²) in [5.41, 5.74) is 8.12. The van der Waals surface area contributed by atoms with Crippen LogP contribution in [0.4, 0.5) is 0 Å². The molecule has 1 saturated heterocycles. The van der Waals surface area contributed by atoms with Crippen molar-refractivity contribution < 1.29 is 9.59 Å². The summed E-state index contributed by atoms with van der Waals surface area (Å²) < 4.78 is 0. The van der Waals surface area contributed by atoms with Gasteiger partial charge in [0.1, 0.15) is 0 Å². The normalized spacial score (nSPS) is 16.3. The van der Waals surface area contributed by atoms with Gasteiger partial charge in [0.05, 0.1) is 5.92 Å². The van der Waals surface area contributed by atoms with Crippen LogP contribution >= 0.6 is 0 Å². The first kappa shape index (κ1) is 18.2. The van der Waals surface area contributed by atoms with E-state index in [1.54, 1.807) is 12.1 Å². The fourth-order valence-electron chi connectivity index (χ4n) is 3.65. The van der Waals surface area contributed by atoms with Gasteiger partial charge in [0.2, 0.25) is 11.8 Å². The lowest BCUT2D eigenvalue weighted by Crippen LogP contribution is -2.40. The van der Waals surface area contributed by atoms with E-state index in [4.69, 9.17) is 5.73 Å². The second-order valence-electron chi connectivity index (χ2n) is 7.17. The Hall–Kier alpha value is -2.62. The molecule has 1 aliphatic rings. The van der Waals surface area contributed by atoms with Crippen molar-refractivity contribution in [2.75, 3.05) is 13.1 Å². The van der Waals surface area contributed by atoms with E-state index < -0.39 is 5.91 Å². The summed E-state index contributed by atoms with van der Waals surface area (Å²) in [6.07, 6.45) is 3.02. The van der Waals surface area contributed by atoms with E-state index in [0.29, 0.717) is 11.5 Å². The van der Waals surface area contributed by atoms with Gasteiger partial charge in [-0.25, -0.2) is 0 Å². The highest BCUT2D eigenvalue weighted by Crippen LogP contribution is 2.25. The number of piperidine rings is 1. The van der Waals surface area contributed by atoms with Gasteiger partial charge in [-0.2, -0.15) is 0 Å². The molecule has 2 aromatic carbocycles. The van der Waals surface area contributed by atoms with E-state index in [0.717, 1.165) is 37.9 Å². The molecule has 1 unspecified atom stereocenters. The fraction of sp³-hybridized carbons (Fsp3) is 0.364. The van der Waals surface area contributed by atoms with Crippen LogP contribution in [0.3, 0.4) is 0 Å². The van der Waals surface area contributed by atoms with Crippen molar-refractivity contribution in [1.29, 1.82) is 0 Å². The Labute approximate surface area is 155 Å². The lowest BCUT2D eigenvalue weighted by Gasteiger charge is -2.33. The molecule has 1 fully saturated rings. The Balaban J connectivity index is 1.52. The Morgan fingerprint density at radius 2 is 1.65 bits per heavy atom. The lowest BCUT2D eigenvalue weighted by molar-refractivity contribution is -0.133. The molecule has 0 bridgehead atoms. The highest BCUT2D eigenvalue weighted by atomic mass is 16.2. The van der Waals surface area contributed by atoms with Crippen LogP contribution in [0.15, 0.2) is 54.6 Å². The maximum Gasteiger partial charge on any atom is 0.248 e. The quantitative estimate of drug-likeness (QED) is 0.898. The van der Waals surface area contributed by atoms with E-state index in [1.807, 2.05) is 54.3 Å². The molecule has 0 radical (unpaired) electrons. The van der Waals surface area contributed by atoms with Crippen molar-refractivity contribution in [2.45, 2.75) is 32.1 Å². The second-order valence-corrected chi connectivity index (χ2v) is 7.17. The van der Waals surface area contributed by atoms with E-state index in [-0.39, 0.29) is 11.8 Å². The molecule has 4 heteroatoms. The smallest absolute Gasteiger partial charge is 0.248 e. The van der Waals surface area contributed by atoms with Crippen LogP contribution in [0.1, 0.15) is 47.2 Å². The number of likely N-dealkylation sites (tertiary alicyclic amines) is 1. The third-order valence-electron chi connectivity index (χ3n) is 5.36. The van der Waals surface area contributed by atoms with Crippen LogP contribution in [-0.4, -0.2) is 29.8 Å². The van der Waals surface area contributed by atoms with E-state index in [9.17, 15) is 9.59 Å². The van der Waals surface area contributed by atoms with Gasteiger partial charge in [0.15, 0.2) is 0 Å². The predicted molar refractivity (Wildman–Crippen MR) is 103 cm³/mol. The highest BCUT2D eigenvalue weighted by molar-refractivity contribution is 5.92. The van der Waals surface area contributed by atoms with Crippen LogP contribution in [0, 0.1) is 5.92 Å². The van der Waals surface area contributed by atoms with Crippen LogP contribution in [-0.2, 0) is 11.2 Å². The molecule has 26 heavy (non-hydrogen) atoms. The first-order valence-electron chi connectivity index (χ1n) is 9.27. The van der Waals surface area contributed by atoms with Crippen molar-refractivity contribution >= 4 is 11.8 Å². The number of amides is 2. The van der Waals surface area contributed by atoms with E-state index >= 15 is 0 Å². The van der Waals surface area contributed by atoms with Crippen molar-refractivity contribution in [1.82, 2.24) is 4.90 Å². The average Bonchev–Trinajstić information content (AvgIpc) is 2.68. The summed E-state index contributed by atoms with van der Waals surface area (Å²) in [7, 11) is 0. The van der Waals surface area contributed by atoms with Gasteiger partial charge in [0.25, 0.3) is 0 Å². The average molecular weight is 350 g/mol. The van der Waals surface area contributed by atoms with Gasteiger partial charge in [-0.3, -0.25) is 9.59 Å². The minimum Gasteiger partial charge on any atom is -0.366 e. The number of primary amides is 1. The third-order valence-corrected chi connectivity index (χ3v) is 5.36. The Kier molecular flexibility index (Phi) is 5.71. The van der Waals surface area contributed by atoms with Gasteiger partial charge in [-0.15, -0.1) is 0 Å². The summed E-state index contributed by atoms with van der Waals surface area (Å²) in [6, 6.07) is 17.5. The minimum atomic E-state index is -0.393. The molecule has 0 aromatic heterocycles. The van der Waals surface area contributed by atoms with Gasteiger partial charge in [-0.05, 0) is 55.4 Å². The molecule has 0 spiro atoms. The van der Waals surface area contributed by atoms with Gasteiger partial charge < -0.3 is 10.6 Å². The standard InChI is InChI=1S/C22H26N2O2/c1-16(19-5-3-2-4-6-19)22(26)24-13-11-18(12-14-24)15-17-7-9-20(10-8-17)21(23)25/h2-10,16,18H,11-15H2,1H3,(H2,23,25). The summed E-state index contributed by atoms with van der Waals surface area (Å²) in [4.78, 5) is 25.9. The second kappa shape index (κ2) is 8.17. The number of carbonyl (C=O) groups is 2. The summed E-state index contributed by atoms with van der Waals surface area (Å²) in [5.74, 6) is 0.316. The largest absolute Gasteiger partial charge is 0.366 e. The first-order valence-corrected chi connectivity index (χ1v) is 9.27. The van der Waals surface area contributed by atoms with Crippen LogP contribution in [0.2, 0.25) is 0 Å². The zero-order valence-electron chi connectivity index (χ0n) is 15.2. The number of nitrogens with two attached hydrogens (primary N) is 1. The maximum atomic E-state index is 12.7. The topological polar surface area (TPSA) is 63.4 Å². The van der Waals surface area contributed by atoms with Crippen LogP contribution < -0.4 is 5.73 Å². The monoisotopic (exact) mass is 350 g/mol. The van der Waals surface area contributed by atoms with Crippen molar-refractivity contribution in [3.63, 3.8) is 0 Å². The predicted octanol–water partition coefficient (Wildman–Crippen LogP) is 3.37. The van der Waals surface area contributed by atoms with Gasteiger partial charge in [-0.1, -0.05) is 42.5 Å². The Bertz CT molecular complexity index is 747. The maximum absolute atomic E-state index is 12.7. The Morgan fingerprint density at radius 3 is 2.23 bits per heavy atom. The summed E-state index contributed by atoms with van der Waals surface area (Å²) >= 11 is 0.